The van der Waals surface area contributed by atoms with Gasteiger partial charge in [-0.2, -0.15) is 0 Å². The smallest absolute Gasteiger partial charge is 0.214 e. The van der Waals surface area contributed by atoms with Crippen LogP contribution in [0.5, 0.6) is 0 Å². The van der Waals surface area contributed by atoms with Gasteiger partial charge in [-0.1, -0.05) is 0 Å². The van der Waals surface area contributed by atoms with Crippen molar-refractivity contribution < 1.29 is 8.42 Å². The molecule has 2 heterocycles. The maximum atomic E-state index is 11.7. The van der Waals surface area contributed by atoms with Crippen molar-refractivity contribution in [1.82, 2.24) is 19.9 Å². The molecule has 0 aliphatic heterocycles. The van der Waals surface area contributed by atoms with Gasteiger partial charge in [0, 0.05) is 19.3 Å². The molecule has 3 N–H and O–H groups in total. The molecule has 24 heavy (non-hydrogen) atoms. The number of pyridine rings is 1. The molecule has 1 fully saturated rings. The van der Waals surface area contributed by atoms with Crippen LogP contribution in [-0.4, -0.2) is 41.9 Å². The molecule has 1 aliphatic carbocycles. The molecule has 2 aromatic rings. The molecule has 1 aliphatic rings. The predicted molar refractivity (Wildman–Crippen MR) is 92.7 cm³/mol. The molecule has 0 amide bonds. The second-order valence-electron chi connectivity index (χ2n) is 5.71. The van der Waals surface area contributed by atoms with Gasteiger partial charge in [-0.15, -0.1) is 10.2 Å². The zero-order valence-corrected chi connectivity index (χ0v) is 14.2. The summed E-state index contributed by atoms with van der Waals surface area (Å²) in [7, 11) is -3.13. The Labute approximate surface area is 141 Å². The first-order valence-electron chi connectivity index (χ1n) is 7.79. The van der Waals surface area contributed by atoms with E-state index >= 15 is 0 Å². The van der Waals surface area contributed by atoms with E-state index in [2.05, 4.69) is 30.5 Å². The summed E-state index contributed by atoms with van der Waals surface area (Å²) in [5.41, 5.74) is 1.10. The minimum Gasteiger partial charge on any atom is -0.367 e. The molecule has 0 saturated heterocycles. The van der Waals surface area contributed by atoms with Crippen LogP contribution in [0.25, 0.3) is 0 Å². The van der Waals surface area contributed by atoms with E-state index in [0.717, 1.165) is 18.4 Å². The topological polar surface area (TPSA) is 109 Å². The molecular formula is C15H20N6O2S. The molecule has 0 spiro atoms. The molecule has 3 rings (SSSR count). The predicted octanol–water partition coefficient (Wildman–Crippen LogP) is 1.42. The van der Waals surface area contributed by atoms with Crippen molar-refractivity contribution in [2.75, 3.05) is 23.7 Å². The Hall–Kier alpha value is -2.26. The third kappa shape index (κ3) is 4.62. The lowest BCUT2D eigenvalue weighted by Crippen LogP contribution is -2.31. The van der Waals surface area contributed by atoms with E-state index in [1.165, 1.54) is 0 Å². The van der Waals surface area contributed by atoms with Gasteiger partial charge in [-0.05, 0) is 49.6 Å². The van der Waals surface area contributed by atoms with Crippen LogP contribution in [0.3, 0.4) is 0 Å². The number of sulfonamides is 1. The summed E-state index contributed by atoms with van der Waals surface area (Å²) >= 11 is 0. The zero-order valence-electron chi connectivity index (χ0n) is 13.4. The first-order valence-corrected chi connectivity index (χ1v) is 9.33. The number of aromatic nitrogens is 3. The van der Waals surface area contributed by atoms with Crippen LogP contribution in [0, 0.1) is 6.92 Å². The van der Waals surface area contributed by atoms with E-state index < -0.39 is 10.0 Å². The summed E-state index contributed by atoms with van der Waals surface area (Å²) in [4.78, 5) is 4.20. The van der Waals surface area contributed by atoms with E-state index in [4.69, 9.17) is 0 Å². The molecule has 0 atom stereocenters. The zero-order chi connectivity index (χ0) is 17.0. The van der Waals surface area contributed by atoms with Crippen molar-refractivity contribution in [1.29, 1.82) is 0 Å². The largest absolute Gasteiger partial charge is 0.367 e. The van der Waals surface area contributed by atoms with E-state index in [1.807, 2.05) is 19.1 Å². The number of hydrogen-bond acceptors (Lipinski definition) is 7. The number of anilines is 3. The van der Waals surface area contributed by atoms with E-state index in [1.54, 1.807) is 18.3 Å². The highest BCUT2D eigenvalue weighted by molar-refractivity contribution is 7.90. The lowest BCUT2D eigenvalue weighted by molar-refractivity contribution is 0.581. The van der Waals surface area contributed by atoms with Gasteiger partial charge < -0.3 is 10.6 Å². The maximum absolute atomic E-state index is 11.7. The monoisotopic (exact) mass is 348 g/mol. The van der Waals surface area contributed by atoms with Crippen LogP contribution < -0.4 is 15.4 Å². The van der Waals surface area contributed by atoms with Crippen molar-refractivity contribution >= 4 is 27.5 Å². The van der Waals surface area contributed by atoms with Crippen molar-refractivity contribution in [3.63, 3.8) is 0 Å². The number of nitrogens with one attached hydrogen (secondary N) is 3. The molecule has 8 nitrogen and oxygen atoms in total. The van der Waals surface area contributed by atoms with Crippen LogP contribution >= 0.6 is 0 Å². The van der Waals surface area contributed by atoms with Crippen LogP contribution in [0.1, 0.15) is 18.4 Å². The molecule has 0 bridgehead atoms. The summed E-state index contributed by atoms with van der Waals surface area (Å²) in [6.45, 7) is 2.77. The molecule has 9 heteroatoms. The van der Waals surface area contributed by atoms with Gasteiger partial charge in [0.25, 0.3) is 0 Å². The van der Waals surface area contributed by atoms with Crippen molar-refractivity contribution in [2.24, 2.45) is 0 Å². The Morgan fingerprint density at radius 1 is 1.08 bits per heavy atom. The Kier molecular flexibility index (Phi) is 4.91. The van der Waals surface area contributed by atoms with Crippen LogP contribution in [0.4, 0.5) is 17.5 Å². The lowest BCUT2D eigenvalue weighted by Gasteiger charge is -2.08. The first kappa shape index (κ1) is 16.6. The summed E-state index contributed by atoms with van der Waals surface area (Å²) < 4.78 is 25.9. The van der Waals surface area contributed by atoms with Crippen LogP contribution in [0.15, 0.2) is 30.5 Å². The molecule has 128 valence electrons. The number of aryl methyl sites for hydroxylation is 1. The van der Waals surface area contributed by atoms with Gasteiger partial charge >= 0.3 is 0 Å². The average Bonchev–Trinajstić information content (AvgIpc) is 3.39. The summed E-state index contributed by atoms with van der Waals surface area (Å²) in [5, 5.41) is 14.0. The number of rotatable bonds is 8. The minimum absolute atomic E-state index is 0.196. The Bertz CT molecular complexity index is 790. The second-order valence-corrected chi connectivity index (χ2v) is 7.76. The highest BCUT2D eigenvalue weighted by Crippen LogP contribution is 2.27. The first-order chi connectivity index (χ1) is 11.5. The second kappa shape index (κ2) is 7.10. The van der Waals surface area contributed by atoms with Crippen LogP contribution in [0.2, 0.25) is 0 Å². The number of nitrogens with zero attached hydrogens (tertiary/aromatic N) is 3. The number of hydrogen-bond donors (Lipinski definition) is 3. The van der Waals surface area contributed by atoms with E-state index in [-0.39, 0.29) is 5.25 Å². The minimum atomic E-state index is -3.13. The summed E-state index contributed by atoms with van der Waals surface area (Å²) in [6, 6.07) is 7.40. The summed E-state index contributed by atoms with van der Waals surface area (Å²) in [6.07, 6.45) is 3.25. The van der Waals surface area contributed by atoms with Gasteiger partial charge in [0.05, 0.1) is 5.25 Å². The van der Waals surface area contributed by atoms with Gasteiger partial charge in [-0.3, -0.25) is 0 Å². The molecule has 0 aromatic carbocycles. The highest BCUT2D eigenvalue weighted by atomic mass is 32.2. The average molecular weight is 348 g/mol. The quantitative estimate of drug-likeness (QED) is 0.619. The fourth-order valence-corrected chi connectivity index (χ4v) is 3.49. The van der Waals surface area contributed by atoms with Gasteiger partial charge in [0.2, 0.25) is 10.0 Å². The molecule has 0 unspecified atom stereocenters. The van der Waals surface area contributed by atoms with Gasteiger partial charge in [0.15, 0.2) is 5.82 Å². The van der Waals surface area contributed by atoms with Crippen LogP contribution in [-0.2, 0) is 10.0 Å². The maximum Gasteiger partial charge on any atom is 0.214 e. The fraction of sp³-hybridized carbons (Fsp3) is 0.400. The van der Waals surface area contributed by atoms with Crippen molar-refractivity contribution in [3.8, 4) is 0 Å². The van der Waals surface area contributed by atoms with Gasteiger partial charge in [-0.25, -0.2) is 18.1 Å². The van der Waals surface area contributed by atoms with E-state index in [9.17, 15) is 8.42 Å². The Morgan fingerprint density at radius 3 is 2.50 bits per heavy atom. The standard InChI is InChI=1S/C15H20N6O2S/c1-11-6-7-16-15(10-11)19-14-5-4-13(20-21-14)17-8-9-18-24(22,23)12-2-3-12/h4-7,10,12,18H,2-3,8-9H2,1H3,(H,17,20)(H,16,19,21). The third-order valence-electron chi connectivity index (χ3n) is 3.53. The Morgan fingerprint density at radius 2 is 1.83 bits per heavy atom. The normalized spacial score (nSPS) is 14.4. The Balaban J connectivity index is 1.46. The lowest BCUT2D eigenvalue weighted by atomic mass is 10.3. The van der Waals surface area contributed by atoms with Crippen molar-refractivity contribution in [2.45, 2.75) is 25.0 Å². The molecule has 1 saturated carbocycles. The fourth-order valence-electron chi connectivity index (χ4n) is 2.11. The van der Waals surface area contributed by atoms with Crippen molar-refractivity contribution in [3.05, 3.63) is 36.0 Å². The molecule has 2 aromatic heterocycles. The van der Waals surface area contributed by atoms with Gasteiger partial charge in [0.1, 0.15) is 11.6 Å². The van der Waals surface area contributed by atoms with E-state index in [0.29, 0.717) is 30.5 Å². The molecule has 0 radical (unpaired) electrons. The molecular weight excluding hydrogens is 328 g/mol. The SMILES string of the molecule is Cc1ccnc(Nc2ccc(NCCNS(=O)(=O)C3CC3)nn2)c1. The third-order valence-corrected chi connectivity index (χ3v) is 5.49. The summed E-state index contributed by atoms with van der Waals surface area (Å²) in [5.74, 6) is 1.89. The highest BCUT2D eigenvalue weighted by Gasteiger charge is 2.35.